The predicted molar refractivity (Wildman–Crippen MR) is 153 cm³/mol. The van der Waals surface area contributed by atoms with Crippen LogP contribution in [0, 0.1) is 0 Å². The van der Waals surface area contributed by atoms with Gasteiger partial charge in [0.15, 0.2) is 5.83 Å². The number of halogens is 5. The third kappa shape index (κ3) is 8.02. The molecule has 0 atom stereocenters. The van der Waals surface area contributed by atoms with E-state index in [1.54, 1.807) is 0 Å². The van der Waals surface area contributed by atoms with E-state index >= 15 is 0 Å². The number of carbonyl (C=O) groups is 1. The number of nitrogens with one attached hydrogen (secondary N) is 1. The van der Waals surface area contributed by atoms with Crippen LogP contribution in [0.1, 0.15) is 51.4 Å². The van der Waals surface area contributed by atoms with Crippen molar-refractivity contribution in [2.24, 2.45) is 10.7 Å². The molecule has 0 radical (unpaired) electrons. The van der Waals surface area contributed by atoms with Gasteiger partial charge in [-0.1, -0.05) is 42.4 Å². The zero-order valence-electron chi connectivity index (χ0n) is 22.0. The quantitative estimate of drug-likeness (QED) is 0.166. The van der Waals surface area contributed by atoms with Crippen molar-refractivity contribution in [3.05, 3.63) is 112 Å². The Morgan fingerprint density at radius 1 is 1.12 bits per heavy atom. The summed E-state index contributed by atoms with van der Waals surface area (Å²) < 4.78 is 53.9. The Morgan fingerprint density at radius 3 is 2.46 bits per heavy atom. The van der Waals surface area contributed by atoms with Gasteiger partial charge in [-0.25, -0.2) is 9.37 Å². The summed E-state index contributed by atoms with van der Waals surface area (Å²) in [7, 11) is 0. The molecule has 3 aromatic rings. The fourth-order valence-corrected chi connectivity index (χ4v) is 4.82. The number of amides is 1. The number of rotatable bonds is 8. The molecule has 1 saturated heterocycles. The van der Waals surface area contributed by atoms with E-state index in [1.807, 2.05) is 24.3 Å². The lowest BCUT2D eigenvalue weighted by molar-refractivity contribution is -0.137. The average Bonchev–Trinajstić information content (AvgIpc) is 2.96. The maximum absolute atomic E-state index is 13.6. The van der Waals surface area contributed by atoms with Gasteiger partial charge in [-0.2, -0.15) is 13.2 Å². The Kier molecular flexibility index (Phi) is 9.57. The number of carbonyl (C=O) groups excluding carboxylic acids is 1. The molecule has 2 aromatic carbocycles. The van der Waals surface area contributed by atoms with Crippen LogP contribution in [-0.2, 0) is 12.7 Å². The molecule has 1 aliphatic heterocycles. The molecule has 1 fully saturated rings. The van der Waals surface area contributed by atoms with Gasteiger partial charge in [0, 0.05) is 30.2 Å². The molecule has 0 spiro atoms. The summed E-state index contributed by atoms with van der Waals surface area (Å²) >= 11 is 5.89. The molecule has 11 heteroatoms. The van der Waals surface area contributed by atoms with Crippen molar-refractivity contribution in [1.82, 2.24) is 9.88 Å². The number of alkyl halides is 3. The van der Waals surface area contributed by atoms with Gasteiger partial charge < -0.3 is 11.1 Å². The highest BCUT2D eigenvalue weighted by molar-refractivity contribution is 6.29. The molecule has 0 bridgehead atoms. The number of aromatic nitrogens is 1. The Morgan fingerprint density at radius 2 is 1.83 bits per heavy atom. The van der Waals surface area contributed by atoms with Crippen molar-refractivity contribution in [2.45, 2.75) is 31.5 Å². The van der Waals surface area contributed by atoms with Crippen molar-refractivity contribution in [1.29, 1.82) is 0 Å². The predicted octanol–water partition coefficient (Wildman–Crippen LogP) is 7.20. The Balaban J connectivity index is 1.43. The van der Waals surface area contributed by atoms with Gasteiger partial charge in [-0.15, -0.1) is 0 Å². The van der Waals surface area contributed by atoms with E-state index < -0.39 is 23.5 Å². The molecule has 4 rings (SSSR count). The number of hydrogen-bond donors (Lipinski definition) is 2. The highest BCUT2D eigenvalue weighted by Crippen LogP contribution is 2.38. The number of nitrogens with zero attached hydrogens (tertiary/aromatic N) is 3. The summed E-state index contributed by atoms with van der Waals surface area (Å²) in [6.45, 7) is 5.82. The lowest BCUT2D eigenvalue weighted by Crippen LogP contribution is -2.32. The van der Waals surface area contributed by atoms with Crippen LogP contribution in [0.3, 0.4) is 0 Å². The van der Waals surface area contributed by atoms with Crippen LogP contribution in [0.2, 0.25) is 5.15 Å². The van der Waals surface area contributed by atoms with Gasteiger partial charge in [-0.05, 0) is 78.9 Å². The van der Waals surface area contributed by atoms with Gasteiger partial charge in [-0.3, -0.25) is 14.7 Å². The Labute approximate surface area is 240 Å². The molecule has 0 unspecified atom stereocenters. The number of allylic oxidation sites excluding steroid dienone is 1. The van der Waals surface area contributed by atoms with Crippen LogP contribution >= 0.6 is 11.6 Å². The van der Waals surface area contributed by atoms with Crippen molar-refractivity contribution in [3.63, 3.8) is 0 Å². The number of piperidine rings is 1. The molecule has 1 aliphatic rings. The molecule has 6 nitrogen and oxygen atoms in total. The second-order valence-corrected chi connectivity index (χ2v) is 10.0. The number of pyridine rings is 1. The summed E-state index contributed by atoms with van der Waals surface area (Å²) in [5.74, 6) is -1.31. The largest absolute Gasteiger partial charge is 0.416 e. The van der Waals surface area contributed by atoms with Gasteiger partial charge in [0.1, 0.15) is 5.15 Å². The molecule has 2 heterocycles. The monoisotopic (exact) mass is 585 g/mol. The van der Waals surface area contributed by atoms with E-state index in [-0.39, 0.29) is 16.6 Å². The third-order valence-corrected chi connectivity index (χ3v) is 7.05. The van der Waals surface area contributed by atoms with Gasteiger partial charge >= 0.3 is 6.18 Å². The number of aliphatic imine (C=N–C) groups is 1. The average molecular weight is 586 g/mol. The third-order valence-electron chi connectivity index (χ3n) is 6.84. The summed E-state index contributed by atoms with van der Waals surface area (Å²) in [5.41, 5.74) is 7.56. The highest BCUT2D eigenvalue weighted by atomic mass is 35.5. The zero-order chi connectivity index (χ0) is 29.6. The highest BCUT2D eigenvalue weighted by Gasteiger charge is 2.33. The van der Waals surface area contributed by atoms with Crippen molar-refractivity contribution in [3.8, 4) is 0 Å². The number of benzene rings is 2. The molecule has 0 aliphatic carbocycles. The van der Waals surface area contributed by atoms with E-state index in [1.165, 1.54) is 24.4 Å². The first kappa shape index (κ1) is 30.0. The molecular weight excluding hydrogens is 558 g/mol. The lowest BCUT2D eigenvalue weighted by atomic mass is 9.87. The molecule has 1 aromatic heterocycles. The van der Waals surface area contributed by atoms with E-state index in [9.17, 15) is 22.4 Å². The van der Waals surface area contributed by atoms with Crippen LogP contribution in [0.4, 0.5) is 23.2 Å². The molecule has 41 heavy (non-hydrogen) atoms. The van der Waals surface area contributed by atoms with Gasteiger partial charge in [0.05, 0.1) is 17.5 Å². The maximum Gasteiger partial charge on any atom is 0.416 e. The topological polar surface area (TPSA) is 83.6 Å². The molecular formula is C30H28ClF4N5O. The first-order valence-corrected chi connectivity index (χ1v) is 13.2. The molecule has 1 amide bonds. The SMILES string of the molecule is C=C(N=C/C(F)=C\N)c1ccc(CN2CCC(c3cc(C(F)(F)F)ccc3NC(=O)c3ccnc(Cl)c3)CC2)cc1. The first-order chi connectivity index (χ1) is 19.5. The maximum atomic E-state index is 13.6. The Hall–Kier alpha value is -4.02. The summed E-state index contributed by atoms with van der Waals surface area (Å²) in [4.78, 5) is 22.9. The minimum Gasteiger partial charge on any atom is -0.402 e. The summed E-state index contributed by atoms with van der Waals surface area (Å²) in [5, 5.41) is 2.90. The number of hydrogen-bond acceptors (Lipinski definition) is 5. The second-order valence-electron chi connectivity index (χ2n) is 9.62. The van der Waals surface area contributed by atoms with Crippen LogP contribution in [0.15, 0.2) is 84.4 Å². The zero-order valence-corrected chi connectivity index (χ0v) is 22.7. The van der Waals surface area contributed by atoms with E-state index in [2.05, 4.69) is 26.8 Å². The van der Waals surface area contributed by atoms with Crippen molar-refractivity contribution in [2.75, 3.05) is 18.4 Å². The standard InChI is InChI=1S/C30H28ClF4N5O/c1-19(38-17-25(32)16-36)21-4-2-20(3-5-21)18-40-12-9-22(10-13-40)26-15-24(30(33,34)35)6-7-27(26)39-29(41)23-8-11-37-28(31)14-23/h2-8,11,14-17,22H,1,9-10,12-13,18,36H2,(H,39,41)/b25-16+,38-17?. The fourth-order valence-electron chi connectivity index (χ4n) is 4.65. The van der Waals surface area contributed by atoms with E-state index in [0.717, 1.165) is 35.7 Å². The van der Waals surface area contributed by atoms with Crippen LogP contribution < -0.4 is 11.1 Å². The van der Waals surface area contributed by atoms with Crippen molar-refractivity contribution >= 4 is 35.1 Å². The van der Waals surface area contributed by atoms with Gasteiger partial charge in [0.2, 0.25) is 0 Å². The number of anilines is 1. The van der Waals surface area contributed by atoms with Crippen LogP contribution in [0.25, 0.3) is 5.70 Å². The molecule has 0 saturated carbocycles. The minimum absolute atomic E-state index is 0.140. The number of likely N-dealkylation sites (tertiary alicyclic amines) is 1. The molecule has 214 valence electrons. The second kappa shape index (κ2) is 13.1. The van der Waals surface area contributed by atoms with Gasteiger partial charge in [0.25, 0.3) is 5.91 Å². The molecule has 3 N–H and O–H groups in total. The number of nitrogens with two attached hydrogens (primary N) is 1. The van der Waals surface area contributed by atoms with E-state index in [0.29, 0.717) is 49.4 Å². The lowest BCUT2D eigenvalue weighted by Gasteiger charge is -2.33. The minimum atomic E-state index is -4.51. The van der Waals surface area contributed by atoms with E-state index in [4.69, 9.17) is 17.3 Å². The fraction of sp³-hybridized carbons (Fsp3) is 0.233. The first-order valence-electron chi connectivity index (χ1n) is 12.8. The van der Waals surface area contributed by atoms with Crippen LogP contribution in [-0.4, -0.2) is 35.1 Å². The summed E-state index contributed by atoms with van der Waals surface area (Å²) in [6.07, 6.45) is -0.0677. The summed E-state index contributed by atoms with van der Waals surface area (Å²) in [6, 6.07) is 13.9. The smallest absolute Gasteiger partial charge is 0.402 e. The van der Waals surface area contributed by atoms with Crippen LogP contribution in [0.5, 0.6) is 0 Å². The normalized spacial score (nSPS) is 15.3. The van der Waals surface area contributed by atoms with Crippen molar-refractivity contribution < 1.29 is 22.4 Å². The Bertz CT molecular complexity index is 1460.